The molecular weight excluding hydrogens is 214 g/mol. The number of carbonyl (C=O) groups is 2. The summed E-state index contributed by atoms with van der Waals surface area (Å²) in [4.78, 5) is 22.6. The minimum Gasteiger partial charge on any atom is -0.481 e. The Morgan fingerprint density at radius 1 is 1.62 bits per heavy atom. The highest BCUT2D eigenvalue weighted by atomic mass is 16.5. The molecule has 1 aliphatic rings. The van der Waals surface area contributed by atoms with Crippen molar-refractivity contribution in [2.75, 3.05) is 20.3 Å². The highest BCUT2D eigenvalue weighted by molar-refractivity contribution is 5.82. The van der Waals surface area contributed by atoms with Crippen molar-refractivity contribution in [3.63, 3.8) is 0 Å². The zero-order chi connectivity index (χ0) is 12.3. The van der Waals surface area contributed by atoms with Crippen molar-refractivity contribution in [3.8, 4) is 0 Å². The summed E-state index contributed by atoms with van der Waals surface area (Å²) in [5.74, 6) is -1.30. The van der Waals surface area contributed by atoms with Crippen LogP contribution in [0, 0.1) is 5.41 Å². The average Bonchev–Trinajstić information content (AvgIpc) is 2.60. The Bertz CT molecular complexity index is 293. The Kier molecular flexibility index (Phi) is 3.88. The number of amides is 1. The van der Waals surface area contributed by atoms with E-state index in [9.17, 15) is 9.59 Å². The predicted octanol–water partition coefficient (Wildman–Crippen LogP) is -0.373. The van der Waals surface area contributed by atoms with Gasteiger partial charge in [0.1, 0.15) is 11.5 Å². The first-order chi connectivity index (χ1) is 7.41. The van der Waals surface area contributed by atoms with Crippen LogP contribution in [-0.4, -0.2) is 49.5 Å². The van der Waals surface area contributed by atoms with Crippen LogP contribution in [-0.2, 0) is 19.1 Å². The molecule has 2 N–H and O–H groups in total. The quantitative estimate of drug-likeness (QED) is 0.689. The molecule has 3 atom stereocenters. The fraction of sp³-hybridized carbons (Fsp3) is 0.800. The molecule has 1 heterocycles. The Hall–Kier alpha value is -1.14. The lowest BCUT2D eigenvalue weighted by molar-refractivity contribution is -0.149. The molecule has 0 bridgehead atoms. The summed E-state index contributed by atoms with van der Waals surface area (Å²) in [6.45, 7) is 3.48. The van der Waals surface area contributed by atoms with Gasteiger partial charge in [-0.3, -0.25) is 9.59 Å². The van der Waals surface area contributed by atoms with Crippen LogP contribution in [0.5, 0.6) is 0 Å². The van der Waals surface area contributed by atoms with Gasteiger partial charge in [0.2, 0.25) is 5.91 Å². The largest absolute Gasteiger partial charge is 0.481 e. The van der Waals surface area contributed by atoms with Gasteiger partial charge in [0.15, 0.2) is 0 Å². The molecule has 0 aromatic rings. The van der Waals surface area contributed by atoms with Gasteiger partial charge in [-0.05, 0) is 13.8 Å². The summed E-state index contributed by atoms with van der Waals surface area (Å²) < 4.78 is 9.96. The molecule has 1 rings (SSSR count). The molecule has 0 aromatic heterocycles. The van der Waals surface area contributed by atoms with Crippen molar-refractivity contribution in [2.24, 2.45) is 5.41 Å². The Balaban J connectivity index is 2.67. The highest BCUT2D eigenvalue weighted by Gasteiger charge is 2.47. The Morgan fingerprint density at radius 3 is 2.75 bits per heavy atom. The molecule has 1 amide bonds. The van der Waals surface area contributed by atoms with Crippen LogP contribution in [0.4, 0.5) is 0 Å². The lowest BCUT2D eigenvalue weighted by Gasteiger charge is -2.26. The molecule has 3 unspecified atom stereocenters. The smallest absolute Gasteiger partial charge is 0.313 e. The lowest BCUT2D eigenvalue weighted by atomic mass is 9.85. The van der Waals surface area contributed by atoms with Gasteiger partial charge in [0, 0.05) is 7.11 Å². The number of aliphatic carboxylic acids is 1. The molecule has 0 radical (unpaired) electrons. The number of hydrogen-bond donors (Lipinski definition) is 2. The number of carboxylic acids is 1. The van der Waals surface area contributed by atoms with Gasteiger partial charge < -0.3 is 19.9 Å². The van der Waals surface area contributed by atoms with E-state index in [1.54, 1.807) is 13.8 Å². The van der Waals surface area contributed by atoms with Crippen LogP contribution in [0.25, 0.3) is 0 Å². The number of carboxylic acid groups (broad SMARTS) is 1. The molecule has 0 aliphatic carbocycles. The molecular formula is C10H17NO5. The first-order valence-corrected chi connectivity index (χ1v) is 5.06. The number of ether oxygens (including phenoxy) is 2. The number of nitrogens with one attached hydrogen (secondary N) is 1. The molecule has 0 saturated carbocycles. The monoisotopic (exact) mass is 231 g/mol. The zero-order valence-electron chi connectivity index (χ0n) is 9.65. The minimum atomic E-state index is -1.07. The number of carbonyl (C=O) groups excluding carboxylic acids is 1. The molecule has 1 saturated heterocycles. The SMILES string of the molecule is COC(C)C(=O)NC1COCC1(C)C(=O)O. The minimum absolute atomic E-state index is 0.106. The van der Waals surface area contributed by atoms with Crippen molar-refractivity contribution in [1.29, 1.82) is 0 Å². The first kappa shape index (κ1) is 12.9. The molecule has 16 heavy (non-hydrogen) atoms. The summed E-state index contributed by atoms with van der Waals surface area (Å²) in [6.07, 6.45) is -0.598. The first-order valence-electron chi connectivity index (χ1n) is 5.06. The molecule has 6 heteroatoms. The second-order valence-corrected chi connectivity index (χ2v) is 4.18. The normalized spacial score (nSPS) is 31.1. The molecule has 0 aromatic carbocycles. The van der Waals surface area contributed by atoms with E-state index in [4.69, 9.17) is 14.6 Å². The van der Waals surface area contributed by atoms with Gasteiger partial charge in [0.05, 0.1) is 19.3 Å². The third-order valence-corrected chi connectivity index (χ3v) is 2.98. The van der Waals surface area contributed by atoms with E-state index in [0.717, 1.165) is 0 Å². The zero-order valence-corrected chi connectivity index (χ0v) is 9.65. The summed E-state index contributed by atoms with van der Waals surface area (Å²) in [5, 5.41) is 11.7. The Labute approximate surface area is 93.9 Å². The van der Waals surface area contributed by atoms with Gasteiger partial charge in [0.25, 0.3) is 0 Å². The molecule has 1 fully saturated rings. The van der Waals surface area contributed by atoms with Crippen LogP contribution in [0.15, 0.2) is 0 Å². The van der Waals surface area contributed by atoms with Gasteiger partial charge in [-0.15, -0.1) is 0 Å². The van der Waals surface area contributed by atoms with E-state index in [-0.39, 0.29) is 19.1 Å². The van der Waals surface area contributed by atoms with E-state index in [1.807, 2.05) is 0 Å². The molecule has 6 nitrogen and oxygen atoms in total. The summed E-state index contributed by atoms with van der Waals surface area (Å²) >= 11 is 0. The third kappa shape index (κ3) is 2.33. The fourth-order valence-corrected chi connectivity index (χ4v) is 1.48. The van der Waals surface area contributed by atoms with Gasteiger partial charge in [-0.25, -0.2) is 0 Å². The topological polar surface area (TPSA) is 84.9 Å². The van der Waals surface area contributed by atoms with Crippen molar-refractivity contribution < 1.29 is 24.2 Å². The van der Waals surface area contributed by atoms with Crippen LogP contribution in [0.3, 0.4) is 0 Å². The second kappa shape index (κ2) is 4.80. The van der Waals surface area contributed by atoms with E-state index in [0.29, 0.717) is 0 Å². The second-order valence-electron chi connectivity index (χ2n) is 4.18. The summed E-state index contributed by atoms with van der Waals surface area (Å²) in [7, 11) is 1.42. The molecule has 0 spiro atoms. The number of rotatable bonds is 4. The van der Waals surface area contributed by atoms with Gasteiger partial charge >= 0.3 is 5.97 Å². The van der Waals surface area contributed by atoms with Crippen LogP contribution in [0.1, 0.15) is 13.8 Å². The van der Waals surface area contributed by atoms with Crippen molar-refractivity contribution in [2.45, 2.75) is 26.0 Å². The predicted molar refractivity (Wildman–Crippen MR) is 55.0 cm³/mol. The van der Waals surface area contributed by atoms with Crippen molar-refractivity contribution >= 4 is 11.9 Å². The summed E-state index contributed by atoms with van der Waals surface area (Å²) in [6, 6.07) is -0.518. The Morgan fingerprint density at radius 2 is 2.25 bits per heavy atom. The lowest BCUT2D eigenvalue weighted by Crippen LogP contribution is -2.52. The van der Waals surface area contributed by atoms with E-state index in [2.05, 4.69) is 5.32 Å². The van der Waals surface area contributed by atoms with Gasteiger partial charge in [-0.1, -0.05) is 0 Å². The van der Waals surface area contributed by atoms with E-state index in [1.165, 1.54) is 7.11 Å². The maximum Gasteiger partial charge on any atom is 0.313 e. The van der Waals surface area contributed by atoms with E-state index < -0.39 is 23.5 Å². The standard InChI is InChI=1S/C10H17NO5/c1-6(15-3)8(12)11-7-4-16-5-10(7,2)9(13)14/h6-7H,4-5H2,1-3H3,(H,11,12)(H,13,14). The van der Waals surface area contributed by atoms with Gasteiger partial charge in [-0.2, -0.15) is 0 Å². The van der Waals surface area contributed by atoms with E-state index >= 15 is 0 Å². The number of hydrogen-bond acceptors (Lipinski definition) is 4. The third-order valence-electron chi connectivity index (χ3n) is 2.98. The van der Waals surface area contributed by atoms with Crippen molar-refractivity contribution in [3.05, 3.63) is 0 Å². The van der Waals surface area contributed by atoms with Crippen molar-refractivity contribution in [1.82, 2.24) is 5.32 Å². The summed E-state index contributed by atoms with van der Waals surface area (Å²) in [5.41, 5.74) is -1.07. The molecule has 92 valence electrons. The number of methoxy groups -OCH3 is 1. The average molecular weight is 231 g/mol. The molecule has 1 aliphatic heterocycles. The van der Waals surface area contributed by atoms with Crippen LogP contribution >= 0.6 is 0 Å². The maximum atomic E-state index is 11.6. The van der Waals surface area contributed by atoms with Crippen LogP contribution in [0.2, 0.25) is 0 Å². The highest BCUT2D eigenvalue weighted by Crippen LogP contribution is 2.28. The van der Waals surface area contributed by atoms with Crippen LogP contribution < -0.4 is 5.32 Å². The maximum absolute atomic E-state index is 11.6. The fourth-order valence-electron chi connectivity index (χ4n) is 1.48.